The summed E-state index contributed by atoms with van der Waals surface area (Å²) in [6, 6.07) is 4.84. The number of ketones is 1. The van der Waals surface area contributed by atoms with Crippen LogP contribution in [0.2, 0.25) is 0 Å². The molecular weight excluding hydrogens is 242 g/mol. The number of hydrogen-bond acceptors (Lipinski definition) is 4. The van der Waals surface area contributed by atoms with Crippen LogP contribution in [-0.2, 0) is 0 Å². The number of likely N-dealkylation sites (tertiary alicyclic amines) is 1. The maximum absolute atomic E-state index is 11.2. The molecule has 19 heavy (non-hydrogen) atoms. The molecule has 1 N–H and O–H groups in total. The second-order valence-electron chi connectivity index (χ2n) is 4.99. The van der Waals surface area contributed by atoms with E-state index < -0.39 is 0 Å². The highest BCUT2D eigenvalue weighted by atomic mass is 16.5. The standard InChI is InChI=1S/C15H21NO3/c1-12(17)14-6-5-13(11-15(14)18)19-10-4-9-16-7-2-3-8-16/h5-6,11,18H,2-4,7-10H2,1H3. The number of Topliss-reactive ketones (excluding diaryl/α,β-unsaturated/α-hetero) is 1. The van der Waals surface area contributed by atoms with E-state index >= 15 is 0 Å². The van der Waals surface area contributed by atoms with Gasteiger partial charge < -0.3 is 14.7 Å². The SMILES string of the molecule is CC(=O)c1ccc(OCCCN2CCCC2)cc1O. The third kappa shape index (κ3) is 3.96. The van der Waals surface area contributed by atoms with Gasteiger partial charge in [0, 0.05) is 12.6 Å². The molecule has 0 bridgehead atoms. The summed E-state index contributed by atoms with van der Waals surface area (Å²) in [6.07, 6.45) is 3.59. The van der Waals surface area contributed by atoms with Crippen molar-refractivity contribution in [2.45, 2.75) is 26.2 Å². The summed E-state index contributed by atoms with van der Waals surface area (Å²) in [7, 11) is 0. The van der Waals surface area contributed by atoms with Crippen LogP contribution in [-0.4, -0.2) is 42.0 Å². The van der Waals surface area contributed by atoms with Gasteiger partial charge in [-0.3, -0.25) is 4.79 Å². The second-order valence-corrected chi connectivity index (χ2v) is 4.99. The molecule has 0 atom stereocenters. The minimum absolute atomic E-state index is 0.00968. The lowest BCUT2D eigenvalue weighted by molar-refractivity contribution is 0.101. The smallest absolute Gasteiger partial charge is 0.163 e. The molecular formula is C15H21NO3. The number of nitrogens with zero attached hydrogens (tertiary/aromatic N) is 1. The fourth-order valence-corrected chi connectivity index (χ4v) is 2.38. The van der Waals surface area contributed by atoms with Crippen LogP contribution in [0.4, 0.5) is 0 Å². The molecule has 0 radical (unpaired) electrons. The van der Waals surface area contributed by atoms with Crippen LogP contribution in [0.25, 0.3) is 0 Å². The summed E-state index contributed by atoms with van der Waals surface area (Å²) >= 11 is 0. The van der Waals surface area contributed by atoms with E-state index in [0.717, 1.165) is 13.0 Å². The van der Waals surface area contributed by atoms with Crippen LogP contribution in [0.1, 0.15) is 36.5 Å². The number of aromatic hydroxyl groups is 1. The summed E-state index contributed by atoms with van der Waals surface area (Å²) in [5.41, 5.74) is 0.337. The van der Waals surface area contributed by atoms with Crippen molar-refractivity contribution in [1.29, 1.82) is 0 Å². The number of ether oxygens (including phenoxy) is 1. The molecule has 1 fully saturated rings. The minimum Gasteiger partial charge on any atom is -0.507 e. The first kappa shape index (κ1) is 13.9. The van der Waals surface area contributed by atoms with Crippen molar-refractivity contribution in [3.05, 3.63) is 23.8 Å². The van der Waals surface area contributed by atoms with Crippen LogP contribution < -0.4 is 4.74 Å². The van der Waals surface area contributed by atoms with Gasteiger partial charge in [-0.05, 0) is 51.4 Å². The molecule has 1 aromatic carbocycles. The molecule has 0 saturated carbocycles. The normalized spacial score (nSPS) is 15.6. The van der Waals surface area contributed by atoms with E-state index in [1.165, 1.54) is 38.9 Å². The molecule has 104 valence electrons. The van der Waals surface area contributed by atoms with Gasteiger partial charge >= 0.3 is 0 Å². The highest BCUT2D eigenvalue weighted by molar-refractivity contribution is 5.96. The monoisotopic (exact) mass is 263 g/mol. The van der Waals surface area contributed by atoms with Crippen molar-refractivity contribution in [2.75, 3.05) is 26.2 Å². The molecule has 0 spiro atoms. The Hall–Kier alpha value is -1.55. The quantitative estimate of drug-likeness (QED) is 0.632. The third-order valence-electron chi connectivity index (χ3n) is 3.43. The molecule has 1 aliphatic heterocycles. The van der Waals surface area contributed by atoms with Crippen molar-refractivity contribution in [3.63, 3.8) is 0 Å². The van der Waals surface area contributed by atoms with E-state index in [-0.39, 0.29) is 11.5 Å². The molecule has 4 heteroatoms. The number of phenolic OH excluding ortho intramolecular Hbond substituents is 1. The van der Waals surface area contributed by atoms with E-state index in [1.807, 2.05) is 0 Å². The zero-order valence-corrected chi connectivity index (χ0v) is 11.4. The maximum Gasteiger partial charge on any atom is 0.163 e. The minimum atomic E-state index is -0.141. The number of phenols is 1. The zero-order valence-electron chi connectivity index (χ0n) is 11.4. The van der Waals surface area contributed by atoms with Crippen molar-refractivity contribution in [1.82, 2.24) is 4.90 Å². The molecule has 1 heterocycles. The molecule has 0 amide bonds. The average molecular weight is 263 g/mol. The first-order valence-electron chi connectivity index (χ1n) is 6.86. The van der Waals surface area contributed by atoms with Gasteiger partial charge in [-0.25, -0.2) is 0 Å². The Morgan fingerprint density at radius 1 is 1.37 bits per heavy atom. The lowest BCUT2D eigenvalue weighted by atomic mass is 10.1. The summed E-state index contributed by atoms with van der Waals surface area (Å²) in [4.78, 5) is 13.6. The Labute approximate surface area is 114 Å². The zero-order chi connectivity index (χ0) is 13.7. The third-order valence-corrected chi connectivity index (χ3v) is 3.43. The Morgan fingerprint density at radius 3 is 2.74 bits per heavy atom. The molecule has 0 unspecified atom stereocenters. The lowest BCUT2D eigenvalue weighted by Crippen LogP contribution is -2.21. The largest absolute Gasteiger partial charge is 0.507 e. The van der Waals surface area contributed by atoms with Gasteiger partial charge in [-0.1, -0.05) is 0 Å². The van der Waals surface area contributed by atoms with Gasteiger partial charge in [0.15, 0.2) is 5.78 Å². The number of rotatable bonds is 6. The molecule has 0 aromatic heterocycles. The second kappa shape index (κ2) is 6.57. The topological polar surface area (TPSA) is 49.8 Å². The maximum atomic E-state index is 11.2. The van der Waals surface area contributed by atoms with E-state index in [4.69, 9.17) is 4.74 Å². The van der Waals surface area contributed by atoms with Crippen LogP contribution in [0.5, 0.6) is 11.5 Å². The van der Waals surface area contributed by atoms with Crippen molar-refractivity contribution < 1.29 is 14.6 Å². The van der Waals surface area contributed by atoms with Crippen LogP contribution in [0.15, 0.2) is 18.2 Å². The molecule has 1 aliphatic rings. The Kier molecular flexibility index (Phi) is 4.80. The fourth-order valence-electron chi connectivity index (χ4n) is 2.38. The Bertz CT molecular complexity index is 439. The predicted molar refractivity (Wildman–Crippen MR) is 73.9 cm³/mol. The summed E-state index contributed by atoms with van der Waals surface area (Å²) < 4.78 is 5.58. The van der Waals surface area contributed by atoms with Gasteiger partial charge in [-0.15, -0.1) is 0 Å². The molecule has 1 aromatic rings. The van der Waals surface area contributed by atoms with Gasteiger partial charge in [0.1, 0.15) is 11.5 Å². The number of carbonyl (C=O) groups is 1. The van der Waals surface area contributed by atoms with Crippen LogP contribution in [0, 0.1) is 0 Å². The molecule has 4 nitrogen and oxygen atoms in total. The van der Waals surface area contributed by atoms with Gasteiger partial charge in [0.25, 0.3) is 0 Å². The van der Waals surface area contributed by atoms with Crippen LogP contribution >= 0.6 is 0 Å². The van der Waals surface area contributed by atoms with Crippen LogP contribution in [0.3, 0.4) is 0 Å². The number of carbonyl (C=O) groups excluding carboxylic acids is 1. The van der Waals surface area contributed by atoms with E-state index in [1.54, 1.807) is 12.1 Å². The fraction of sp³-hybridized carbons (Fsp3) is 0.533. The van der Waals surface area contributed by atoms with Crippen molar-refractivity contribution >= 4 is 5.78 Å². The van der Waals surface area contributed by atoms with Gasteiger partial charge in [-0.2, -0.15) is 0 Å². The van der Waals surface area contributed by atoms with E-state index in [0.29, 0.717) is 17.9 Å². The highest BCUT2D eigenvalue weighted by Crippen LogP contribution is 2.24. The molecule has 0 aliphatic carbocycles. The first-order chi connectivity index (χ1) is 9.16. The highest BCUT2D eigenvalue weighted by Gasteiger charge is 2.11. The van der Waals surface area contributed by atoms with Gasteiger partial charge in [0.05, 0.1) is 12.2 Å². The summed E-state index contributed by atoms with van der Waals surface area (Å²) in [6.45, 7) is 5.54. The van der Waals surface area contributed by atoms with E-state index in [2.05, 4.69) is 4.90 Å². The van der Waals surface area contributed by atoms with Crippen molar-refractivity contribution in [3.8, 4) is 11.5 Å². The predicted octanol–water partition coefficient (Wildman–Crippen LogP) is 2.46. The number of hydrogen-bond donors (Lipinski definition) is 1. The molecule has 1 saturated heterocycles. The summed E-state index contributed by atoms with van der Waals surface area (Å²) in [5, 5.41) is 9.68. The lowest BCUT2D eigenvalue weighted by Gasteiger charge is -2.14. The Morgan fingerprint density at radius 2 is 2.11 bits per heavy atom. The molecule has 2 rings (SSSR count). The Balaban J connectivity index is 1.76. The van der Waals surface area contributed by atoms with Crippen molar-refractivity contribution in [2.24, 2.45) is 0 Å². The average Bonchev–Trinajstić information content (AvgIpc) is 2.87. The summed E-state index contributed by atoms with van der Waals surface area (Å²) in [5.74, 6) is 0.464. The van der Waals surface area contributed by atoms with Gasteiger partial charge in [0.2, 0.25) is 0 Å². The van der Waals surface area contributed by atoms with E-state index in [9.17, 15) is 9.90 Å². The first-order valence-corrected chi connectivity index (χ1v) is 6.86. The number of benzene rings is 1.